The van der Waals surface area contributed by atoms with Crippen LogP contribution in [0.2, 0.25) is 0 Å². The van der Waals surface area contributed by atoms with Crippen LogP contribution in [0.3, 0.4) is 0 Å². The Kier molecular flexibility index (Phi) is 3.58. The summed E-state index contributed by atoms with van der Waals surface area (Å²) in [7, 11) is 0. The van der Waals surface area contributed by atoms with Crippen LogP contribution in [0.15, 0.2) is 0 Å². The fourth-order valence-electron chi connectivity index (χ4n) is 3.56. The molecule has 3 rings (SSSR count). The molecule has 4 unspecified atom stereocenters. The van der Waals surface area contributed by atoms with E-state index < -0.39 is 0 Å². The number of nitrogens with one attached hydrogen (secondary N) is 1. The molecule has 0 aliphatic carbocycles. The highest BCUT2D eigenvalue weighted by atomic mass is 16.5. The summed E-state index contributed by atoms with van der Waals surface area (Å²) in [6.07, 6.45) is 4.12. The Hall–Kier alpha value is -0.940. The number of nitrogens with zero attached hydrogens (tertiary/aromatic N) is 1. The summed E-state index contributed by atoms with van der Waals surface area (Å²) in [5.41, 5.74) is 0. The van der Waals surface area contributed by atoms with Crippen molar-refractivity contribution in [2.75, 3.05) is 13.1 Å². The zero-order valence-corrected chi connectivity index (χ0v) is 11.4. The Balaban J connectivity index is 1.71. The van der Waals surface area contributed by atoms with E-state index in [1.165, 1.54) is 17.7 Å². The van der Waals surface area contributed by atoms with Gasteiger partial charge in [0.2, 0.25) is 0 Å². The zero-order chi connectivity index (χ0) is 13.4. The van der Waals surface area contributed by atoms with Crippen LogP contribution in [0.1, 0.15) is 39.0 Å². The molecule has 19 heavy (non-hydrogen) atoms. The smallest absolute Gasteiger partial charge is 0.258 e. The fourth-order valence-corrected chi connectivity index (χ4v) is 3.56. The highest BCUT2D eigenvalue weighted by Gasteiger charge is 2.47. The van der Waals surface area contributed by atoms with Crippen molar-refractivity contribution in [3.8, 4) is 0 Å². The molecule has 4 atom stereocenters. The molecule has 3 fully saturated rings. The van der Waals surface area contributed by atoms with E-state index in [0.717, 1.165) is 13.0 Å². The van der Waals surface area contributed by atoms with Crippen molar-refractivity contribution in [1.82, 2.24) is 10.2 Å². The van der Waals surface area contributed by atoms with Crippen molar-refractivity contribution >= 4 is 11.8 Å². The summed E-state index contributed by atoms with van der Waals surface area (Å²) in [6.45, 7) is 3.69. The van der Waals surface area contributed by atoms with Crippen molar-refractivity contribution in [3.05, 3.63) is 0 Å². The third-order valence-corrected chi connectivity index (χ3v) is 4.73. The van der Waals surface area contributed by atoms with E-state index in [0.29, 0.717) is 25.3 Å². The molecule has 5 heteroatoms. The molecular weight excluding hydrogens is 244 g/mol. The third-order valence-electron chi connectivity index (χ3n) is 4.73. The third kappa shape index (κ3) is 2.30. The molecule has 0 radical (unpaired) electrons. The van der Waals surface area contributed by atoms with Gasteiger partial charge in [-0.2, -0.15) is 0 Å². The van der Waals surface area contributed by atoms with Gasteiger partial charge in [-0.25, -0.2) is 0 Å². The molecule has 2 amide bonds. The Labute approximate surface area is 113 Å². The number of ether oxygens (including phenoxy) is 1. The summed E-state index contributed by atoms with van der Waals surface area (Å²) in [4.78, 5) is 25.9. The van der Waals surface area contributed by atoms with E-state index >= 15 is 0 Å². The molecule has 0 aromatic rings. The second kappa shape index (κ2) is 5.21. The van der Waals surface area contributed by atoms with Crippen LogP contribution in [-0.2, 0) is 14.3 Å². The maximum absolute atomic E-state index is 12.2. The summed E-state index contributed by atoms with van der Waals surface area (Å²) >= 11 is 0. The molecule has 3 saturated heterocycles. The minimum Gasteiger partial charge on any atom is -0.355 e. The Morgan fingerprint density at radius 3 is 2.53 bits per heavy atom. The van der Waals surface area contributed by atoms with Crippen molar-refractivity contribution in [1.29, 1.82) is 0 Å². The van der Waals surface area contributed by atoms with Crippen LogP contribution in [0.4, 0.5) is 0 Å². The molecule has 106 valence electrons. The highest BCUT2D eigenvalue weighted by Crippen LogP contribution is 2.29. The molecule has 3 aliphatic heterocycles. The van der Waals surface area contributed by atoms with Crippen LogP contribution in [0, 0.1) is 5.92 Å². The lowest BCUT2D eigenvalue weighted by Gasteiger charge is -2.37. The van der Waals surface area contributed by atoms with Crippen molar-refractivity contribution < 1.29 is 14.3 Å². The fraction of sp³-hybridized carbons (Fsp3) is 0.857. The number of carbonyl (C=O) groups excluding carboxylic acids is 2. The van der Waals surface area contributed by atoms with Gasteiger partial charge < -0.3 is 10.1 Å². The topological polar surface area (TPSA) is 58.6 Å². The lowest BCUT2D eigenvalue weighted by molar-refractivity contribution is -0.169. The molecule has 0 spiro atoms. The number of carbonyl (C=O) groups is 2. The average molecular weight is 266 g/mol. The largest absolute Gasteiger partial charge is 0.355 e. The first-order chi connectivity index (χ1) is 9.20. The van der Waals surface area contributed by atoms with Gasteiger partial charge in [-0.1, -0.05) is 13.3 Å². The van der Waals surface area contributed by atoms with Gasteiger partial charge in [0.25, 0.3) is 11.8 Å². The number of hydrogen-bond acceptors (Lipinski definition) is 4. The number of likely N-dealkylation sites (tertiary alicyclic amines) is 1. The maximum atomic E-state index is 12.2. The molecule has 3 heterocycles. The SMILES string of the molecule is CCC1CCCNC1CN1C(=O)C2CCC(O2)C1=O. The Morgan fingerprint density at radius 2 is 1.89 bits per heavy atom. The van der Waals surface area contributed by atoms with Crippen LogP contribution >= 0.6 is 0 Å². The number of imide groups is 1. The number of amides is 2. The first-order valence-corrected chi connectivity index (χ1v) is 7.44. The maximum Gasteiger partial charge on any atom is 0.258 e. The number of piperidine rings is 1. The average Bonchev–Trinajstić information content (AvgIpc) is 2.89. The van der Waals surface area contributed by atoms with Gasteiger partial charge in [-0.05, 0) is 38.1 Å². The zero-order valence-electron chi connectivity index (χ0n) is 11.4. The van der Waals surface area contributed by atoms with Gasteiger partial charge in [0, 0.05) is 12.6 Å². The van der Waals surface area contributed by atoms with Gasteiger partial charge in [0.05, 0.1) is 0 Å². The minimum atomic E-state index is -0.369. The number of fused-ring (bicyclic) bond motifs is 2. The van der Waals surface area contributed by atoms with Crippen LogP contribution in [-0.4, -0.2) is 48.1 Å². The normalized spacial score (nSPS) is 38.9. The standard InChI is InChI=1S/C14H22N2O3/c1-2-9-4-3-7-15-10(9)8-16-13(17)11-5-6-12(19-11)14(16)18/h9-12,15H,2-8H2,1H3. The molecule has 1 N–H and O–H groups in total. The van der Waals surface area contributed by atoms with Gasteiger partial charge in [0.15, 0.2) is 0 Å². The summed E-state index contributed by atoms with van der Waals surface area (Å²) in [5.74, 6) is 0.316. The molecule has 3 aliphatic rings. The van der Waals surface area contributed by atoms with E-state index in [4.69, 9.17) is 4.74 Å². The lowest BCUT2D eigenvalue weighted by atomic mass is 9.88. The Morgan fingerprint density at radius 1 is 1.21 bits per heavy atom. The number of morpholine rings is 1. The van der Waals surface area contributed by atoms with Gasteiger partial charge in [-0.3, -0.25) is 14.5 Å². The molecule has 0 aromatic carbocycles. The number of rotatable bonds is 3. The second-order valence-corrected chi connectivity index (χ2v) is 5.85. The molecule has 5 nitrogen and oxygen atoms in total. The summed E-state index contributed by atoms with van der Waals surface area (Å²) < 4.78 is 5.43. The summed E-state index contributed by atoms with van der Waals surface area (Å²) in [6, 6.07) is 0.254. The van der Waals surface area contributed by atoms with Gasteiger partial charge >= 0.3 is 0 Å². The lowest BCUT2D eigenvalue weighted by Crippen LogP contribution is -2.57. The van der Waals surface area contributed by atoms with Crippen LogP contribution < -0.4 is 5.32 Å². The first-order valence-electron chi connectivity index (χ1n) is 7.44. The Bertz CT molecular complexity index is 363. The van der Waals surface area contributed by atoms with E-state index in [2.05, 4.69) is 12.2 Å². The monoisotopic (exact) mass is 266 g/mol. The molecular formula is C14H22N2O3. The first kappa shape index (κ1) is 13.1. The molecule has 0 saturated carbocycles. The minimum absolute atomic E-state index is 0.124. The summed E-state index contributed by atoms with van der Waals surface area (Å²) in [5, 5.41) is 3.47. The predicted molar refractivity (Wildman–Crippen MR) is 69.4 cm³/mol. The second-order valence-electron chi connectivity index (χ2n) is 5.85. The van der Waals surface area contributed by atoms with Crippen LogP contribution in [0.5, 0.6) is 0 Å². The molecule has 2 bridgehead atoms. The van der Waals surface area contributed by atoms with Crippen molar-refractivity contribution in [2.45, 2.75) is 57.3 Å². The van der Waals surface area contributed by atoms with Gasteiger partial charge in [0.1, 0.15) is 12.2 Å². The van der Waals surface area contributed by atoms with E-state index in [1.807, 2.05) is 0 Å². The van der Waals surface area contributed by atoms with Crippen molar-refractivity contribution in [3.63, 3.8) is 0 Å². The van der Waals surface area contributed by atoms with E-state index in [9.17, 15) is 9.59 Å². The van der Waals surface area contributed by atoms with Crippen LogP contribution in [0.25, 0.3) is 0 Å². The van der Waals surface area contributed by atoms with E-state index in [1.54, 1.807) is 0 Å². The van der Waals surface area contributed by atoms with Crippen molar-refractivity contribution in [2.24, 2.45) is 5.92 Å². The molecule has 0 aromatic heterocycles. The quantitative estimate of drug-likeness (QED) is 0.763. The highest BCUT2D eigenvalue weighted by molar-refractivity contribution is 6.02. The van der Waals surface area contributed by atoms with E-state index in [-0.39, 0.29) is 30.1 Å². The van der Waals surface area contributed by atoms with Gasteiger partial charge in [-0.15, -0.1) is 0 Å². The number of hydrogen-bond donors (Lipinski definition) is 1. The predicted octanol–water partition coefficient (Wildman–Crippen LogP) is 0.681.